The minimum Gasteiger partial charge on any atom is -0.453 e. The van der Waals surface area contributed by atoms with Gasteiger partial charge in [0.25, 0.3) is 5.92 Å². The second-order valence-corrected chi connectivity index (χ2v) is 14.4. The number of likely N-dealkylation sites (tertiary alicyclic amines) is 1. The van der Waals surface area contributed by atoms with E-state index in [0.29, 0.717) is 52.7 Å². The predicted octanol–water partition coefficient (Wildman–Crippen LogP) is 6.11. The average molecular weight is 737 g/mol. The van der Waals surface area contributed by atoms with Crippen molar-refractivity contribution in [1.29, 1.82) is 0 Å². The van der Waals surface area contributed by atoms with Crippen molar-refractivity contribution in [2.75, 3.05) is 33.8 Å². The first-order valence-electron chi connectivity index (χ1n) is 18.4. The zero-order chi connectivity index (χ0) is 37.7. The molecule has 8 rings (SSSR count). The van der Waals surface area contributed by atoms with Gasteiger partial charge in [0.05, 0.1) is 49.2 Å². The lowest BCUT2D eigenvalue weighted by Gasteiger charge is -2.34. The van der Waals surface area contributed by atoms with Gasteiger partial charge in [-0.1, -0.05) is 37.3 Å². The van der Waals surface area contributed by atoms with Gasteiger partial charge in [-0.05, 0) is 85.2 Å². The van der Waals surface area contributed by atoms with Crippen LogP contribution in [0.5, 0.6) is 0 Å². The van der Waals surface area contributed by atoms with Gasteiger partial charge in [-0.3, -0.25) is 9.59 Å². The van der Waals surface area contributed by atoms with Crippen LogP contribution in [0, 0.1) is 5.92 Å². The number of carbonyl (C=O) groups is 3. The maximum Gasteiger partial charge on any atom is 0.407 e. The fourth-order valence-electron chi connectivity index (χ4n) is 8.52. The predicted molar refractivity (Wildman–Crippen MR) is 198 cm³/mol. The van der Waals surface area contributed by atoms with Crippen LogP contribution in [0.2, 0.25) is 0 Å². The Balaban J connectivity index is 1.02. The number of alkyl carbamates (subject to hydrolysis) is 1. The van der Waals surface area contributed by atoms with Crippen LogP contribution in [0.3, 0.4) is 0 Å². The standard InChI is InChI=1S/C40H42F2N8O4/c1-4-13-49(35(51)20-45-39(53)54-3)21-34-44-18-33(46-34)24-7-11-28-27-10-6-22(15-29(27)40(41,42)30(28)16-24)23-8-12-31-32(17-23)48-38(47-31)37-25-5-9-26(14-25)50(37)36(52)19-43-2/h6-8,10-12,15-18,25-26,37,43H,4-5,9,13-14,19-21H2,1-3H3,(H,44,46)(H,45,53)(H,47,48)/t25-,26+,37-/m0/s1. The Morgan fingerprint density at radius 2 is 1.70 bits per heavy atom. The Morgan fingerprint density at radius 1 is 0.981 bits per heavy atom. The molecule has 3 amide bonds. The fraction of sp³-hybridized carbons (Fsp3) is 0.375. The number of H-pyrrole nitrogens is 2. The average Bonchev–Trinajstić information content (AvgIpc) is 4.02. The van der Waals surface area contributed by atoms with Gasteiger partial charge < -0.3 is 35.1 Å². The van der Waals surface area contributed by atoms with Crippen molar-refractivity contribution in [2.24, 2.45) is 5.92 Å². The van der Waals surface area contributed by atoms with Crippen LogP contribution in [0.1, 0.15) is 61.4 Å². The van der Waals surface area contributed by atoms with Gasteiger partial charge in [-0.25, -0.2) is 14.8 Å². The number of halogens is 2. The second-order valence-electron chi connectivity index (χ2n) is 14.4. The highest BCUT2D eigenvalue weighted by molar-refractivity contribution is 5.87. The number of aromatic nitrogens is 4. The summed E-state index contributed by atoms with van der Waals surface area (Å²) < 4.78 is 37.2. The summed E-state index contributed by atoms with van der Waals surface area (Å²) in [5, 5.41) is 5.38. The molecule has 14 heteroatoms. The smallest absolute Gasteiger partial charge is 0.407 e. The summed E-state index contributed by atoms with van der Waals surface area (Å²) in [5.41, 5.74) is 4.91. The van der Waals surface area contributed by atoms with E-state index in [1.54, 1.807) is 42.4 Å². The number of nitrogens with zero attached hydrogens (tertiary/aromatic N) is 4. The van der Waals surface area contributed by atoms with Crippen LogP contribution in [0.25, 0.3) is 44.5 Å². The highest BCUT2D eigenvalue weighted by Gasteiger charge is 2.50. The topological polar surface area (TPSA) is 148 Å². The van der Waals surface area contributed by atoms with Crippen molar-refractivity contribution < 1.29 is 27.9 Å². The van der Waals surface area contributed by atoms with E-state index in [4.69, 9.17) is 4.98 Å². The molecule has 2 aromatic heterocycles. The second kappa shape index (κ2) is 14.0. The third kappa shape index (κ3) is 6.17. The van der Waals surface area contributed by atoms with E-state index in [9.17, 15) is 14.4 Å². The number of imidazole rings is 2. The number of ether oxygens (including phenoxy) is 1. The number of amides is 3. The summed E-state index contributed by atoms with van der Waals surface area (Å²) >= 11 is 0. The van der Waals surface area contributed by atoms with Gasteiger partial charge in [-0.15, -0.1) is 0 Å². The molecular formula is C40H42F2N8O4. The first-order valence-corrected chi connectivity index (χ1v) is 18.4. The molecule has 5 aromatic rings. The summed E-state index contributed by atoms with van der Waals surface area (Å²) in [7, 11) is 3.00. The van der Waals surface area contributed by atoms with Crippen molar-refractivity contribution >= 4 is 28.9 Å². The molecule has 0 unspecified atom stereocenters. The highest BCUT2D eigenvalue weighted by atomic mass is 19.3. The molecule has 3 aliphatic rings. The Morgan fingerprint density at radius 3 is 2.44 bits per heavy atom. The molecular weight excluding hydrogens is 694 g/mol. The molecule has 3 aromatic carbocycles. The normalized spacial score (nSPS) is 19.2. The van der Waals surface area contributed by atoms with E-state index >= 15 is 8.78 Å². The minimum absolute atomic E-state index is 0.0576. The molecule has 2 fully saturated rings. The number of nitrogens with one attached hydrogen (secondary N) is 4. The van der Waals surface area contributed by atoms with Crippen molar-refractivity contribution in [3.05, 3.63) is 83.6 Å². The Bertz CT molecular complexity index is 2270. The molecule has 1 saturated carbocycles. The van der Waals surface area contributed by atoms with Crippen molar-refractivity contribution in [2.45, 2.75) is 57.2 Å². The lowest BCUT2D eigenvalue weighted by molar-refractivity contribution is -0.135. The SMILES string of the molecule is CCCN(Cc1ncc(-c2ccc3c(c2)C(F)(F)c2cc(-c4ccc5nc([C@@H]6[C@H]7CC[C@H](C7)N6C(=O)CNC)[nH]c5c4)ccc2-3)[nH]1)C(=O)CNC(=O)OC. The lowest BCUT2D eigenvalue weighted by Crippen LogP contribution is -2.44. The van der Waals surface area contributed by atoms with Crippen LogP contribution in [-0.4, -0.2) is 87.5 Å². The molecule has 12 nitrogen and oxygen atoms in total. The van der Waals surface area contributed by atoms with E-state index in [2.05, 4.69) is 30.3 Å². The Labute approximate surface area is 310 Å². The number of rotatable bonds is 11. The molecule has 280 valence electrons. The Hall–Kier alpha value is -5.63. The van der Waals surface area contributed by atoms with Gasteiger partial charge in [0.2, 0.25) is 11.8 Å². The maximum atomic E-state index is 16.3. The van der Waals surface area contributed by atoms with Crippen molar-refractivity contribution in [3.63, 3.8) is 0 Å². The summed E-state index contributed by atoms with van der Waals surface area (Å²) in [6, 6.07) is 16.1. The molecule has 0 spiro atoms. The first-order chi connectivity index (χ1) is 26.1. The number of hydrogen-bond donors (Lipinski definition) is 4. The van der Waals surface area contributed by atoms with Gasteiger partial charge >= 0.3 is 6.09 Å². The number of aromatic amines is 2. The van der Waals surface area contributed by atoms with Gasteiger partial charge in [-0.2, -0.15) is 8.78 Å². The van der Waals surface area contributed by atoms with Crippen LogP contribution >= 0.6 is 0 Å². The number of benzene rings is 3. The largest absolute Gasteiger partial charge is 0.453 e. The monoisotopic (exact) mass is 736 g/mol. The van der Waals surface area contributed by atoms with E-state index in [-0.39, 0.29) is 54.7 Å². The molecule has 3 atom stereocenters. The number of methoxy groups -OCH3 is 1. The van der Waals surface area contributed by atoms with E-state index in [1.807, 2.05) is 36.1 Å². The van der Waals surface area contributed by atoms with E-state index in [0.717, 1.165) is 41.7 Å². The quantitative estimate of drug-likeness (QED) is 0.128. The fourth-order valence-corrected chi connectivity index (χ4v) is 8.52. The summed E-state index contributed by atoms with van der Waals surface area (Å²) in [5.74, 6) is -1.85. The molecule has 54 heavy (non-hydrogen) atoms. The van der Waals surface area contributed by atoms with Crippen LogP contribution in [0.15, 0.2) is 60.8 Å². The third-order valence-corrected chi connectivity index (χ3v) is 11.0. The number of hydrogen-bond acceptors (Lipinski definition) is 7. The van der Waals surface area contributed by atoms with Gasteiger partial charge in [0.1, 0.15) is 18.2 Å². The third-order valence-electron chi connectivity index (χ3n) is 11.0. The number of fused-ring (bicyclic) bond motifs is 6. The van der Waals surface area contributed by atoms with Crippen molar-refractivity contribution in [3.8, 4) is 33.5 Å². The summed E-state index contributed by atoms with van der Waals surface area (Å²) in [6.45, 7) is 2.60. The van der Waals surface area contributed by atoms with Crippen LogP contribution < -0.4 is 10.6 Å². The van der Waals surface area contributed by atoms with Gasteiger partial charge in [0.15, 0.2) is 0 Å². The maximum absolute atomic E-state index is 16.3. The van der Waals surface area contributed by atoms with E-state index < -0.39 is 12.0 Å². The zero-order valence-corrected chi connectivity index (χ0v) is 30.3. The zero-order valence-electron chi connectivity index (χ0n) is 30.3. The van der Waals surface area contributed by atoms with Gasteiger partial charge in [0, 0.05) is 29.3 Å². The van der Waals surface area contributed by atoms with Crippen LogP contribution in [0.4, 0.5) is 13.6 Å². The van der Waals surface area contributed by atoms with Crippen LogP contribution in [-0.2, 0) is 26.8 Å². The molecule has 0 radical (unpaired) electrons. The summed E-state index contributed by atoms with van der Waals surface area (Å²) in [4.78, 5) is 56.8. The highest BCUT2D eigenvalue weighted by Crippen LogP contribution is 2.53. The minimum atomic E-state index is -3.24. The molecule has 1 saturated heterocycles. The van der Waals surface area contributed by atoms with Crippen molar-refractivity contribution in [1.82, 2.24) is 40.4 Å². The lowest BCUT2D eigenvalue weighted by atomic mass is 9.98. The molecule has 1 aliphatic heterocycles. The summed E-state index contributed by atoms with van der Waals surface area (Å²) in [6.07, 6.45) is 4.63. The number of likely N-dealkylation sites (N-methyl/N-ethyl adjacent to an activating group) is 1. The molecule has 3 heterocycles. The number of carbonyl (C=O) groups excluding carboxylic acids is 3. The molecule has 2 aliphatic carbocycles. The van der Waals surface area contributed by atoms with E-state index in [1.165, 1.54) is 13.2 Å². The Kier molecular flexibility index (Phi) is 9.16. The first kappa shape index (κ1) is 35.4. The number of piperidine rings is 1. The molecule has 4 N–H and O–H groups in total. The molecule has 2 bridgehead atoms. The number of alkyl halides is 2.